The highest BCUT2D eigenvalue weighted by Gasteiger charge is 2.25. The van der Waals surface area contributed by atoms with Crippen molar-refractivity contribution in [1.29, 1.82) is 0 Å². The van der Waals surface area contributed by atoms with Gasteiger partial charge in [0.05, 0.1) is 12.3 Å². The summed E-state index contributed by atoms with van der Waals surface area (Å²) in [5.41, 5.74) is 4.67. The summed E-state index contributed by atoms with van der Waals surface area (Å²) in [7, 11) is 0. The maximum absolute atomic E-state index is 11.4. The number of carbonyl (C=O) groups is 2. The zero-order valence-corrected chi connectivity index (χ0v) is 8.74. The number of rotatable bonds is 4. The summed E-state index contributed by atoms with van der Waals surface area (Å²) in [5, 5.41) is 8.50. The van der Waals surface area contributed by atoms with Gasteiger partial charge in [0.2, 0.25) is 0 Å². The second kappa shape index (κ2) is 4.95. The van der Waals surface area contributed by atoms with Gasteiger partial charge in [0, 0.05) is 6.54 Å². The summed E-state index contributed by atoms with van der Waals surface area (Å²) < 4.78 is 5.01. The SMILES string of the molecule is CC(C)(C)OC(=O)C(CN)CC(=O)O. The molecule has 0 spiro atoms. The maximum Gasteiger partial charge on any atom is 0.311 e. The average Bonchev–Trinajstić information content (AvgIpc) is 1.96. The van der Waals surface area contributed by atoms with E-state index in [1.807, 2.05) is 0 Å². The van der Waals surface area contributed by atoms with Crippen LogP contribution in [0.5, 0.6) is 0 Å². The number of ether oxygens (including phenoxy) is 1. The fourth-order valence-electron chi connectivity index (χ4n) is 0.859. The number of aliphatic carboxylic acids is 1. The van der Waals surface area contributed by atoms with E-state index in [4.69, 9.17) is 15.6 Å². The predicted molar refractivity (Wildman–Crippen MR) is 50.6 cm³/mol. The van der Waals surface area contributed by atoms with Crippen LogP contribution < -0.4 is 5.73 Å². The van der Waals surface area contributed by atoms with E-state index >= 15 is 0 Å². The molecule has 0 aromatic carbocycles. The first kappa shape index (κ1) is 12.9. The van der Waals surface area contributed by atoms with Crippen LogP contribution in [0.3, 0.4) is 0 Å². The fourth-order valence-corrected chi connectivity index (χ4v) is 0.859. The van der Waals surface area contributed by atoms with E-state index < -0.39 is 23.5 Å². The minimum absolute atomic E-state index is 0.0127. The third kappa shape index (κ3) is 5.53. The molecule has 3 N–H and O–H groups in total. The topological polar surface area (TPSA) is 89.6 Å². The van der Waals surface area contributed by atoms with Gasteiger partial charge in [0.1, 0.15) is 5.60 Å². The van der Waals surface area contributed by atoms with Gasteiger partial charge in [0.15, 0.2) is 0 Å². The Hall–Kier alpha value is -1.10. The fraction of sp³-hybridized carbons (Fsp3) is 0.778. The highest BCUT2D eigenvalue weighted by Crippen LogP contribution is 2.12. The quantitative estimate of drug-likeness (QED) is 0.644. The van der Waals surface area contributed by atoms with Gasteiger partial charge >= 0.3 is 11.9 Å². The third-order valence-electron chi connectivity index (χ3n) is 1.45. The van der Waals surface area contributed by atoms with E-state index in [0.29, 0.717) is 0 Å². The minimum Gasteiger partial charge on any atom is -0.481 e. The summed E-state index contributed by atoms with van der Waals surface area (Å²) in [5.74, 6) is -2.36. The number of carboxylic acids is 1. The zero-order chi connectivity index (χ0) is 11.4. The molecular formula is C9H17NO4. The Morgan fingerprint density at radius 2 is 1.93 bits per heavy atom. The molecule has 0 saturated heterocycles. The lowest BCUT2D eigenvalue weighted by atomic mass is 10.1. The molecule has 82 valence electrons. The predicted octanol–water partition coefficient (Wildman–Crippen LogP) is 0.378. The first-order valence-corrected chi connectivity index (χ1v) is 4.41. The molecule has 1 unspecified atom stereocenters. The molecule has 5 nitrogen and oxygen atoms in total. The van der Waals surface area contributed by atoms with Crippen molar-refractivity contribution in [3.05, 3.63) is 0 Å². The highest BCUT2D eigenvalue weighted by atomic mass is 16.6. The number of esters is 1. The molecule has 0 saturated carbocycles. The lowest BCUT2D eigenvalue weighted by Crippen LogP contribution is -2.33. The average molecular weight is 203 g/mol. The molecule has 0 aliphatic rings. The van der Waals surface area contributed by atoms with E-state index in [-0.39, 0.29) is 13.0 Å². The van der Waals surface area contributed by atoms with Gasteiger partial charge in [-0.05, 0) is 20.8 Å². The van der Waals surface area contributed by atoms with Crippen LogP contribution in [0.2, 0.25) is 0 Å². The summed E-state index contributed by atoms with van der Waals surface area (Å²) in [6.45, 7) is 5.15. The molecule has 0 aromatic rings. The summed E-state index contributed by atoms with van der Waals surface area (Å²) >= 11 is 0. The van der Waals surface area contributed by atoms with Crippen LogP contribution in [0, 0.1) is 5.92 Å². The Bertz CT molecular complexity index is 219. The Morgan fingerprint density at radius 3 is 2.21 bits per heavy atom. The first-order chi connectivity index (χ1) is 6.26. The lowest BCUT2D eigenvalue weighted by molar-refractivity contribution is -0.162. The number of hydrogen-bond acceptors (Lipinski definition) is 4. The lowest BCUT2D eigenvalue weighted by Gasteiger charge is -2.22. The van der Waals surface area contributed by atoms with Crippen molar-refractivity contribution in [2.75, 3.05) is 6.54 Å². The van der Waals surface area contributed by atoms with E-state index in [2.05, 4.69) is 0 Å². The molecule has 1 atom stereocenters. The summed E-state index contributed by atoms with van der Waals surface area (Å²) in [6.07, 6.45) is -0.286. The molecule has 0 bridgehead atoms. The van der Waals surface area contributed by atoms with Gasteiger partial charge < -0.3 is 15.6 Å². The van der Waals surface area contributed by atoms with Crippen LogP contribution in [0.25, 0.3) is 0 Å². The molecular weight excluding hydrogens is 186 g/mol. The Kier molecular flexibility index (Phi) is 4.56. The molecule has 0 aromatic heterocycles. The van der Waals surface area contributed by atoms with Crippen LogP contribution in [0.15, 0.2) is 0 Å². The van der Waals surface area contributed by atoms with E-state index in [9.17, 15) is 9.59 Å². The van der Waals surface area contributed by atoms with E-state index in [1.165, 1.54) is 0 Å². The van der Waals surface area contributed by atoms with E-state index in [0.717, 1.165) is 0 Å². The van der Waals surface area contributed by atoms with Crippen LogP contribution in [0.1, 0.15) is 27.2 Å². The van der Waals surface area contributed by atoms with Crippen LogP contribution in [-0.4, -0.2) is 29.2 Å². The van der Waals surface area contributed by atoms with Crippen LogP contribution in [-0.2, 0) is 14.3 Å². The molecule has 0 radical (unpaired) electrons. The van der Waals surface area contributed by atoms with Gasteiger partial charge in [-0.3, -0.25) is 9.59 Å². The van der Waals surface area contributed by atoms with Crippen molar-refractivity contribution in [3.8, 4) is 0 Å². The summed E-state index contributed by atoms with van der Waals surface area (Å²) in [6, 6.07) is 0. The number of hydrogen-bond donors (Lipinski definition) is 2. The molecule has 0 fully saturated rings. The molecule has 0 rings (SSSR count). The molecule has 0 aliphatic heterocycles. The van der Waals surface area contributed by atoms with Crippen molar-refractivity contribution in [3.63, 3.8) is 0 Å². The van der Waals surface area contributed by atoms with Crippen molar-refractivity contribution >= 4 is 11.9 Å². The number of carboxylic acid groups (broad SMARTS) is 1. The monoisotopic (exact) mass is 203 g/mol. The number of carbonyl (C=O) groups excluding carboxylic acids is 1. The van der Waals surface area contributed by atoms with Gasteiger partial charge in [-0.25, -0.2) is 0 Å². The summed E-state index contributed by atoms with van der Waals surface area (Å²) in [4.78, 5) is 21.7. The van der Waals surface area contributed by atoms with Crippen LogP contribution in [0.4, 0.5) is 0 Å². The Labute approximate surface area is 83.2 Å². The molecule has 0 amide bonds. The Balaban J connectivity index is 4.25. The molecule has 5 heteroatoms. The molecule has 0 heterocycles. The van der Waals surface area contributed by atoms with Gasteiger partial charge in [0.25, 0.3) is 0 Å². The highest BCUT2D eigenvalue weighted by molar-refractivity contribution is 5.79. The zero-order valence-electron chi connectivity index (χ0n) is 8.74. The second-order valence-corrected chi connectivity index (χ2v) is 4.06. The third-order valence-corrected chi connectivity index (χ3v) is 1.45. The molecule has 14 heavy (non-hydrogen) atoms. The van der Waals surface area contributed by atoms with Crippen molar-refractivity contribution in [1.82, 2.24) is 0 Å². The van der Waals surface area contributed by atoms with Crippen molar-refractivity contribution in [2.45, 2.75) is 32.8 Å². The maximum atomic E-state index is 11.4. The van der Waals surface area contributed by atoms with Crippen molar-refractivity contribution < 1.29 is 19.4 Å². The van der Waals surface area contributed by atoms with Gasteiger partial charge in [-0.1, -0.05) is 0 Å². The first-order valence-electron chi connectivity index (χ1n) is 4.41. The smallest absolute Gasteiger partial charge is 0.311 e. The minimum atomic E-state index is -1.05. The van der Waals surface area contributed by atoms with Crippen molar-refractivity contribution in [2.24, 2.45) is 11.7 Å². The van der Waals surface area contributed by atoms with Gasteiger partial charge in [-0.2, -0.15) is 0 Å². The van der Waals surface area contributed by atoms with Crippen LogP contribution >= 0.6 is 0 Å². The second-order valence-electron chi connectivity index (χ2n) is 4.06. The van der Waals surface area contributed by atoms with E-state index in [1.54, 1.807) is 20.8 Å². The normalized spacial score (nSPS) is 13.4. The van der Waals surface area contributed by atoms with Gasteiger partial charge in [-0.15, -0.1) is 0 Å². The molecule has 0 aliphatic carbocycles. The standard InChI is InChI=1S/C9H17NO4/c1-9(2,3)14-8(13)6(5-10)4-7(11)12/h6H,4-5,10H2,1-3H3,(H,11,12). The largest absolute Gasteiger partial charge is 0.481 e. The Morgan fingerprint density at radius 1 is 1.43 bits per heavy atom. The number of nitrogens with two attached hydrogens (primary N) is 1.